The molecule has 4 rings (SSSR count). The van der Waals surface area contributed by atoms with Crippen molar-refractivity contribution in [3.05, 3.63) is 48.0 Å². The molecule has 2 heterocycles. The highest BCUT2D eigenvalue weighted by Crippen LogP contribution is 2.34. The van der Waals surface area contributed by atoms with Crippen LogP contribution in [-0.2, 0) is 6.42 Å². The van der Waals surface area contributed by atoms with Crippen molar-refractivity contribution < 1.29 is 14.3 Å². The molecule has 1 N–H and O–H groups in total. The van der Waals surface area contributed by atoms with Crippen LogP contribution < -0.4 is 19.7 Å². The number of anilines is 2. The van der Waals surface area contributed by atoms with Gasteiger partial charge in [-0.2, -0.15) is 0 Å². The lowest BCUT2D eigenvalue weighted by Gasteiger charge is -2.23. The number of urea groups is 1. The number of hydrogen-bond acceptors (Lipinski definition) is 3. The van der Waals surface area contributed by atoms with Crippen LogP contribution in [0.4, 0.5) is 16.2 Å². The highest BCUT2D eigenvalue weighted by atomic mass is 16.7. The molecule has 2 aromatic carbocycles. The molecule has 2 aliphatic heterocycles. The topological polar surface area (TPSA) is 50.8 Å². The van der Waals surface area contributed by atoms with Gasteiger partial charge in [0.2, 0.25) is 6.79 Å². The SMILES string of the molecule is O=C(Nc1ccc2c(c1)OCO2)N1CCCCc2ccccc21. The van der Waals surface area contributed by atoms with E-state index in [0.29, 0.717) is 17.2 Å². The molecule has 2 aliphatic rings. The molecule has 2 amide bonds. The molecule has 0 fully saturated rings. The molecular formula is C18H18N2O3. The molecule has 118 valence electrons. The second kappa shape index (κ2) is 5.83. The second-order valence-electron chi connectivity index (χ2n) is 5.74. The number of nitrogens with one attached hydrogen (secondary N) is 1. The second-order valence-corrected chi connectivity index (χ2v) is 5.74. The number of carbonyl (C=O) groups excluding carboxylic acids is 1. The van der Waals surface area contributed by atoms with Gasteiger partial charge in [0.1, 0.15) is 0 Å². The summed E-state index contributed by atoms with van der Waals surface area (Å²) in [6, 6.07) is 13.4. The van der Waals surface area contributed by atoms with Crippen molar-refractivity contribution in [3.63, 3.8) is 0 Å². The summed E-state index contributed by atoms with van der Waals surface area (Å²) in [4.78, 5) is 14.6. The fourth-order valence-electron chi connectivity index (χ4n) is 3.07. The number of aryl methyl sites for hydroxylation is 1. The van der Waals surface area contributed by atoms with E-state index in [-0.39, 0.29) is 12.8 Å². The zero-order valence-electron chi connectivity index (χ0n) is 12.7. The Labute approximate surface area is 134 Å². The summed E-state index contributed by atoms with van der Waals surface area (Å²) in [6.07, 6.45) is 3.12. The van der Waals surface area contributed by atoms with Crippen LogP contribution in [0.15, 0.2) is 42.5 Å². The summed E-state index contributed by atoms with van der Waals surface area (Å²) in [5.41, 5.74) is 2.94. The summed E-state index contributed by atoms with van der Waals surface area (Å²) in [5.74, 6) is 1.38. The van der Waals surface area contributed by atoms with E-state index in [1.54, 1.807) is 6.07 Å². The van der Waals surface area contributed by atoms with Crippen molar-refractivity contribution in [2.75, 3.05) is 23.6 Å². The summed E-state index contributed by atoms with van der Waals surface area (Å²) >= 11 is 0. The maximum Gasteiger partial charge on any atom is 0.326 e. The number of benzene rings is 2. The number of carbonyl (C=O) groups is 1. The Morgan fingerprint density at radius 1 is 1.04 bits per heavy atom. The third-order valence-corrected chi connectivity index (χ3v) is 4.23. The first kappa shape index (κ1) is 13.9. The number of rotatable bonds is 1. The lowest BCUT2D eigenvalue weighted by molar-refractivity contribution is 0.174. The van der Waals surface area contributed by atoms with Crippen molar-refractivity contribution in [2.24, 2.45) is 0 Å². The van der Waals surface area contributed by atoms with Crippen molar-refractivity contribution in [3.8, 4) is 11.5 Å². The van der Waals surface area contributed by atoms with E-state index in [4.69, 9.17) is 9.47 Å². The van der Waals surface area contributed by atoms with Crippen LogP contribution in [0.25, 0.3) is 0 Å². The molecule has 5 nitrogen and oxygen atoms in total. The van der Waals surface area contributed by atoms with Crippen LogP contribution in [0.5, 0.6) is 11.5 Å². The molecule has 2 aromatic rings. The minimum absolute atomic E-state index is 0.113. The summed E-state index contributed by atoms with van der Waals surface area (Å²) in [7, 11) is 0. The van der Waals surface area contributed by atoms with Gasteiger partial charge in [-0.25, -0.2) is 4.79 Å². The van der Waals surface area contributed by atoms with E-state index in [1.807, 2.05) is 35.2 Å². The number of fused-ring (bicyclic) bond motifs is 2. The molecule has 0 bridgehead atoms. The van der Waals surface area contributed by atoms with Gasteiger partial charge in [-0.15, -0.1) is 0 Å². The lowest BCUT2D eigenvalue weighted by atomic mass is 10.1. The van der Waals surface area contributed by atoms with Crippen molar-refractivity contribution in [1.82, 2.24) is 0 Å². The quantitative estimate of drug-likeness (QED) is 0.872. The van der Waals surface area contributed by atoms with Crippen LogP contribution in [0.2, 0.25) is 0 Å². The van der Waals surface area contributed by atoms with Gasteiger partial charge < -0.3 is 14.8 Å². The Hall–Kier alpha value is -2.69. The largest absolute Gasteiger partial charge is 0.454 e. The van der Waals surface area contributed by atoms with Crippen molar-refractivity contribution >= 4 is 17.4 Å². The van der Waals surface area contributed by atoms with Crippen molar-refractivity contribution in [1.29, 1.82) is 0 Å². The Morgan fingerprint density at radius 3 is 2.87 bits per heavy atom. The van der Waals surface area contributed by atoms with E-state index in [2.05, 4.69) is 11.4 Å². The molecule has 5 heteroatoms. The third-order valence-electron chi connectivity index (χ3n) is 4.23. The van der Waals surface area contributed by atoms with Gasteiger partial charge >= 0.3 is 6.03 Å². The molecule has 0 aromatic heterocycles. The number of para-hydroxylation sites is 1. The molecule has 0 radical (unpaired) electrons. The highest BCUT2D eigenvalue weighted by molar-refractivity contribution is 6.02. The molecule has 0 unspecified atom stereocenters. The van der Waals surface area contributed by atoms with Gasteiger partial charge in [0, 0.05) is 24.0 Å². The highest BCUT2D eigenvalue weighted by Gasteiger charge is 2.21. The molecule has 0 atom stereocenters. The fraction of sp³-hybridized carbons (Fsp3) is 0.278. The van der Waals surface area contributed by atoms with E-state index >= 15 is 0 Å². The molecule has 0 saturated heterocycles. The Kier molecular flexibility index (Phi) is 3.54. The molecule has 0 aliphatic carbocycles. The summed E-state index contributed by atoms with van der Waals surface area (Å²) < 4.78 is 10.6. The smallest absolute Gasteiger partial charge is 0.326 e. The number of ether oxygens (including phenoxy) is 2. The zero-order valence-corrected chi connectivity index (χ0v) is 12.7. The minimum Gasteiger partial charge on any atom is -0.454 e. The molecule has 0 saturated carbocycles. The van der Waals surface area contributed by atoms with Crippen molar-refractivity contribution in [2.45, 2.75) is 19.3 Å². The van der Waals surface area contributed by atoms with Crippen LogP contribution in [0, 0.1) is 0 Å². The Morgan fingerprint density at radius 2 is 1.91 bits per heavy atom. The monoisotopic (exact) mass is 310 g/mol. The van der Waals surface area contributed by atoms with E-state index < -0.39 is 0 Å². The van der Waals surface area contributed by atoms with Crippen LogP contribution in [0.3, 0.4) is 0 Å². The lowest BCUT2D eigenvalue weighted by Crippen LogP contribution is -2.35. The standard InChI is InChI=1S/C18H18N2O3/c21-18(19-14-8-9-16-17(11-14)23-12-22-16)20-10-4-3-6-13-5-1-2-7-15(13)20/h1-2,5,7-9,11H,3-4,6,10,12H2,(H,19,21). The molecule has 23 heavy (non-hydrogen) atoms. The van der Waals surface area contributed by atoms with Gasteiger partial charge in [-0.3, -0.25) is 4.90 Å². The molecule has 0 spiro atoms. The summed E-state index contributed by atoms with van der Waals surface area (Å²) in [6.45, 7) is 0.958. The average Bonchev–Trinajstić information content (AvgIpc) is 2.92. The van der Waals surface area contributed by atoms with Crippen LogP contribution in [-0.4, -0.2) is 19.4 Å². The van der Waals surface area contributed by atoms with Gasteiger partial charge in [-0.1, -0.05) is 18.2 Å². The minimum atomic E-state index is -0.113. The number of hydrogen-bond donors (Lipinski definition) is 1. The first-order chi connectivity index (χ1) is 11.3. The summed E-state index contributed by atoms with van der Waals surface area (Å²) in [5, 5.41) is 2.96. The fourth-order valence-corrected chi connectivity index (χ4v) is 3.07. The number of nitrogens with zero attached hydrogens (tertiary/aromatic N) is 1. The van der Waals surface area contributed by atoms with E-state index in [0.717, 1.165) is 31.5 Å². The van der Waals surface area contributed by atoms with Crippen LogP contribution >= 0.6 is 0 Å². The van der Waals surface area contributed by atoms with E-state index in [9.17, 15) is 4.79 Å². The maximum atomic E-state index is 12.7. The Bertz CT molecular complexity index is 745. The zero-order chi connectivity index (χ0) is 15.6. The normalized spacial score (nSPS) is 15.7. The Balaban J connectivity index is 1.57. The predicted octanol–water partition coefficient (Wildman–Crippen LogP) is 3.79. The average molecular weight is 310 g/mol. The third kappa shape index (κ3) is 2.70. The van der Waals surface area contributed by atoms with Crippen LogP contribution in [0.1, 0.15) is 18.4 Å². The maximum absolute atomic E-state index is 12.7. The first-order valence-electron chi connectivity index (χ1n) is 7.87. The first-order valence-corrected chi connectivity index (χ1v) is 7.87. The van der Waals surface area contributed by atoms with Gasteiger partial charge in [0.15, 0.2) is 11.5 Å². The predicted molar refractivity (Wildman–Crippen MR) is 88.3 cm³/mol. The molecular weight excluding hydrogens is 292 g/mol. The van der Waals surface area contributed by atoms with Gasteiger partial charge in [0.05, 0.1) is 0 Å². The van der Waals surface area contributed by atoms with E-state index in [1.165, 1.54) is 5.56 Å². The number of amides is 2. The van der Waals surface area contributed by atoms with Gasteiger partial charge in [0.25, 0.3) is 0 Å². The van der Waals surface area contributed by atoms with Gasteiger partial charge in [-0.05, 0) is 43.0 Å².